The summed E-state index contributed by atoms with van der Waals surface area (Å²) >= 11 is 13.2. The quantitative estimate of drug-likeness (QED) is 0.360. The smallest absolute Gasteiger partial charge is 0.280 e. The summed E-state index contributed by atoms with van der Waals surface area (Å²) in [6.45, 7) is 2.35. The van der Waals surface area contributed by atoms with Crippen LogP contribution in [0.25, 0.3) is 0 Å². The van der Waals surface area contributed by atoms with E-state index in [4.69, 9.17) is 27.9 Å². The number of anilines is 1. The first-order valence-electron chi connectivity index (χ1n) is 11.3. The zero-order valence-electron chi connectivity index (χ0n) is 19.0. The van der Waals surface area contributed by atoms with Crippen LogP contribution in [0.15, 0.2) is 48.5 Å². The van der Waals surface area contributed by atoms with Crippen molar-refractivity contribution in [2.24, 2.45) is 0 Å². The maximum Gasteiger partial charge on any atom is 0.280 e. The number of hydrogen-bond donors (Lipinski definition) is 1. The molecule has 1 fully saturated rings. The van der Waals surface area contributed by atoms with Crippen molar-refractivity contribution in [2.75, 3.05) is 11.5 Å². The highest BCUT2D eigenvalue weighted by Gasteiger charge is 2.38. The predicted molar refractivity (Wildman–Crippen MR) is 136 cm³/mol. The van der Waals surface area contributed by atoms with Crippen molar-refractivity contribution in [3.8, 4) is 5.75 Å². The Kier molecular flexibility index (Phi) is 8.26. The standard InChI is InChI=1S/C25H24Cl2FN3O3S/c1-2-34-17-13-11-15(12-14-17)22(24(32)29-16-7-3-4-8-16)31(19-10-6-5-9-18(19)28)25(33)21-20(26)23(27)35-30-21/h5-6,9-14,16,22H,2-4,7-8H2,1H3,(H,29,32)/t22-/m1/s1. The highest BCUT2D eigenvalue weighted by molar-refractivity contribution is 7.11. The number of carbonyl (C=O) groups excluding carboxylic acids is 2. The number of aromatic nitrogens is 1. The van der Waals surface area contributed by atoms with Gasteiger partial charge in [0, 0.05) is 6.04 Å². The summed E-state index contributed by atoms with van der Waals surface area (Å²) in [5, 5.41) is 3.01. The van der Waals surface area contributed by atoms with Crippen LogP contribution in [0.3, 0.4) is 0 Å². The molecule has 1 heterocycles. The van der Waals surface area contributed by atoms with Crippen LogP contribution in [0, 0.1) is 5.82 Å². The van der Waals surface area contributed by atoms with Gasteiger partial charge in [-0.3, -0.25) is 14.5 Å². The largest absolute Gasteiger partial charge is 0.494 e. The average molecular weight is 536 g/mol. The Morgan fingerprint density at radius 3 is 2.46 bits per heavy atom. The van der Waals surface area contributed by atoms with Crippen LogP contribution < -0.4 is 15.0 Å². The number of nitrogens with one attached hydrogen (secondary N) is 1. The summed E-state index contributed by atoms with van der Waals surface area (Å²) in [5.41, 5.74) is 0.269. The molecule has 6 nitrogen and oxygen atoms in total. The molecule has 1 aliphatic carbocycles. The van der Waals surface area contributed by atoms with E-state index in [0.29, 0.717) is 17.9 Å². The zero-order valence-corrected chi connectivity index (χ0v) is 21.3. The summed E-state index contributed by atoms with van der Waals surface area (Å²) in [5.74, 6) is -1.20. The monoisotopic (exact) mass is 535 g/mol. The molecule has 10 heteroatoms. The van der Waals surface area contributed by atoms with Gasteiger partial charge in [0.1, 0.15) is 27.0 Å². The van der Waals surface area contributed by atoms with Gasteiger partial charge >= 0.3 is 0 Å². The lowest BCUT2D eigenvalue weighted by Gasteiger charge is -2.32. The van der Waals surface area contributed by atoms with E-state index in [9.17, 15) is 9.59 Å². The summed E-state index contributed by atoms with van der Waals surface area (Å²) in [4.78, 5) is 28.6. The molecular formula is C25H24Cl2FN3O3S. The van der Waals surface area contributed by atoms with Gasteiger partial charge in [0.15, 0.2) is 5.69 Å². The molecule has 1 atom stereocenters. The fourth-order valence-electron chi connectivity index (χ4n) is 4.20. The van der Waals surface area contributed by atoms with Crippen LogP contribution in [-0.2, 0) is 4.79 Å². The Hall–Kier alpha value is -2.68. The van der Waals surface area contributed by atoms with E-state index in [1.54, 1.807) is 30.3 Å². The topological polar surface area (TPSA) is 71.5 Å². The van der Waals surface area contributed by atoms with Crippen molar-refractivity contribution in [3.05, 3.63) is 75.0 Å². The summed E-state index contributed by atoms with van der Waals surface area (Å²) in [7, 11) is 0. The third kappa shape index (κ3) is 5.60. The Morgan fingerprint density at radius 1 is 1.17 bits per heavy atom. The van der Waals surface area contributed by atoms with Gasteiger partial charge in [0.25, 0.3) is 5.91 Å². The van der Waals surface area contributed by atoms with E-state index < -0.39 is 23.7 Å². The SMILES string of the molecule is CCOc1ccc([C@H](C(=O)NC2CCCC2)N(C(=O)c2nsc(Cl)c2Cl)c2ccccc2F)cc1. The summed E-state index contributed by atoms with van der Waals surface area (Å²) in [6.07, 6.45) is 3.73. The number of halogens is 3. The molecule has 1 N–H and O–H groups in total. The first kappa shape index (κ1) is 25.4. The molecule has 184 valence electrons. The maximum absolute atomic E-state index is 15.1. The van der Waals surface area contributed by atoms with Gasteiger partial charge in [-0.2, -0.15) is 4.37 Å². The van der Waals surface area contributed by atoms with Crippen LogP contribution >= 0.6 is 34.7 Å². The molecule has 2 amide bonds. The van der Waals surface area contributed by atoms with Crippen molar-refractivity contribution >= 4 is 52.2 Å². The highest BCUT2D eigenvalue weighted by Crippen LogP contribution is 2.36. The van der Waals surface area contributed by atoms with Crippen LogP contribution in [0.2, 0.25) is 9.36 Å². The molecule has 0 bridgehead atoms. The molecule has 35 heavy (non-hydrogen) atoms. The van der Waals surface area contributed by atoms with E-state index in [1.165, 1.54) is 18.2 Å². The number of ether oxygens (including phenoxy) is 1. The molecule has 0 aliphatic heterocycles. The van der Waals surface area contributed by atoms with Crippen molar-refractivity contribution in [1.82, 2.24) is 9.69 Å². The maximum atomic E-state index is 15.1. The van der Waals surface area contributed by atoms with E-state index in [0.717, 1.165) is 42.1 Å². The molecule has 1 aliphatic rings. The minimum atomic E-state index is -1.19. The first-order chi connectivity index (χ1) is 16.9. The molecule has 1 saturated carbocycles. The highest BCUT2D eigenvalue weighted by atomic mass is 35.5. The van der Waals surface area contributed by atoms with Gasteiger partial charge in [-0.25, -0.2) is 4.39 Å². The molecule has 0 unspecified atom stereocenters. The van der Waals surface area contributed by atoms with Crippen molar-refractivity contribution in [2.45, 2.75) is 44.7 Å². The van der Waals surface area contributed by atoms with Gasteiger partial charge in [0.05, 0.1) is 12.3 Å². The number of benzene rings is 2. The van der Waals surface area contributed by atoms with E-state index in [-0.39, 0.29) is 26.8 Å². The fraction of sp³-hybridized carbons (Fsp3) is 0.320. The first-order valence-corrected chi connectivity index (χ1v) is 12.9. The number of rotatable bonds is 8. The minimum absolute atomic E-state index is 0.0115. The molecule has 3 aromatic rings. The van der Waals surface area contributed by atoms with Gasteiger partial charge in [-0.15, -0.1) is 0 Å². The Morgan fingerprint density at radius 2 is 1.86 bits per heavy atom. The Balaban J connectivity index is 1.84. The number of carbonyl (C=O) groups is 2. The van der Waals surface area contributed by atoms with Gasteiger partial charge < -0.3 is 10.1 Å². The Bertz CT molecular complexity index is 1200. The van der Waals surface area contributed by atoms with E-state index in [2.05, 4.69) is 9.69 Å². The van der Waals surface area contributed by atoms with Crippen LogP contribution in [-0.4, -0.2) is 28.8 Å². The van der Waals surface area contributed by atoms with Crippen LogP contribution in [0.4, 0.5) is 10.1 Å². The molecule has 0 saturated heterocycles. The summed E-state index contributed by atoms with van der Waals surface area (Å²) in [6, 6.07) is 11.4. The molecule has 0 radical (unpaired) electrons. The lowest BCUT2D eigenvalue weighted by atomic mass is 10.0. The zero-order chi connectivity index (χ0) is 24.9. The van der Waals surface area contributed by atoms with Gasteiger partial charge in [-0.1, -0.05) is 60.3 Å². The lowest BCUT2D eigenvalue weighted by Crippen LogP contribution is -2.46. The van der Waals surface area contributed by atoms with Crippen LogP contribution in [0.1, 0.15) is 54.7 Å². The molecule has 4 rings (SSSR count). The van der Waals surface area contributed by atoms with E-state index in [1.807, 2.05) is 6.92 Å². The molecule has 2 aromatic carbocycles. The number of para-hydroxylation sites is 1. The normalized spacial score (nSPS) is 14.5. The van der Waals surface area contributed by atoms with Crippen molar-refractivity contribution < 1.29 is 18.7 Å². The second kappa shape index (κ2) is 11.4. The third-order valence-corrected chi connectivity index (χ3v) is 7.46. The van der Waals surface area contributed by atoms with Gasteiger partial charge in [0.2, 0.25) is 5.91 Å². The number of nitrogens with zero attached hydrogens (tertiary/aromatic N) is 2. The minimum Gasteiger partial charge on any atom is -0.494 e. The second-order valence-electron chi connectivity index (χ2n) is 8.14. The van der Waals surface area contributed by atoms with Gasteiger partial charge in [-0.05, 0) is 61.1 Å². The molecular weight excluding hydrogens is 512 g/mol. The van der Waals surface area contributed by atoms with Crippen molar-refractivity contribution in [3.63, 3.8) is 0 Å². The fourth-order valence-corrected chi connectivity index (χ4v) is 5.19. The molecule has 0 spiro atoms. The predicted octanol–water partition coefficient (Wildman–Crippen LogP) is 6.43. The van der Waals surface area contributed by atoms with E-state index >= 15 is 4.39 Å². The van der Waals surface area contributed by atoms with Crippen LogP contribution in [0.5, 0.6) is 5.75 Å². The Labute approximate surface area is 217 Å². The molecule has 1 aromatic heterocycles. The summed E-state index contributed by atoms with van der Waals surface area (Å²) < 4.78 is 24.9. The second-order valence-corrected chi connectivity index (χ2v) is 9.89. The van der Waals surface area contributed by atoms with Crippen molar-refractivity contribution in [1.29, 1.82) is 0 Å². The lowest BCUT2D eigenvalue weighted by molar-refractivity contribution is -0.123. The average Bonchev–Trinajstić information content (AvgIpc) is 3.48. The third-order valence-electron chi connectivity index (χ3n) is 5.85. The number of hydrogen-bond acceptors (Lipinski definition) is 5. The number of amides is 2.